The zero-order valence-corrected chi connectivity index (χ0v) is 19.7. The Balaban J connectivity index is 1.59. The van der Waals surface area contributed by atoms with Crippen LogP contribution in [0.25, 0.3) is 0 Å². The van der Waals surface area contributed by atoms with E-state index in [1.165, 1.54) is 12.3 Å². The zero-order valence-electron chi connectivity index (χ0n) is 19.7. The minimum atomic E-state index is -0.593. The lowest BCUT2D eigenvalue weighted by atomic mass is 9.94. The largest absolute Gasteiger partial charge is 0.343 e. The molecule has 1 aliphatic rings. The number of H-pyrrole nitrogens is 1. The Labute approximate surface area is 198 Å². The van der Waals surface area contributed by atoms with Crippen LogP contribution in [0, 0.1) is 11.7 Å². The zero-order chi connectivity index (χ0) is 24.2. The van der Waals surface area contributed by atoms with Gasteiger partial charge in [-0.1, -0.05) is 68.4 Å². The molecular formula is C26H30FN5O2. The Morgan fingerprint density at radius 3 is 2.59 bits per heavy atom. The summed E-state index contributed by atoms with van der Waals surface area (Å²) in [5.74, 6) is -0.440. The van der Waals surface area contributed by atoms with Gasteiger partial charge in [-0.2, -0.15) is 0 Å². The normalized spacial score (nSPS) is 18.8. The number of nitrogens with one attached hydrogen (secondary N) is 2. The molecule has 2 heterocycles. The number of hydrogen-bond acceptors (Lipinski definition) is 4. The summed E-state index contributed by atoms with van der Waals surface area (Å²) in [5, 5.41) is 13.2. The number of carbonyl (C=O) groups excluding carboxylic acids is 2. The van der Waals surface area contributed by atoms with Gasteiger partial charge in [0.15, 0.2) is 0 Å². The molecule has 178 valence electrons. The molecule has 0 bridgehead atoms. The summed E-state index contributed by atoms with van der Waals surface area (Å²) in [6.45, 7) is 6.42. The lowest BCUT2D eigenvalue weighted by molar-refractivity contribution is -0.138. The third kappa shape index (κ3) is 5.16. The molecule has 0 aliphatic carbocycles. The van der Waals surface area contributed by atoms with Crippen LogP contribution in [0.4, 0.5) is 4.39 Å². The molecule has 2 amide bonds. The van der Waals surface area contributed by atoms with E-state index in [4.69, 9.17) is 0 Å². The van der Waals surface area contributed by atoms with Gasteiger partial charge in [-0.15, -0.1) is 5.10 Å². The Morgan fingerprint density at radius 1 is 1.18 bits per heavy atom. The number of carbonyl (C=O) groups is 2. The summed E-state index contributed by atoms with van der Waals surface area (Å²) in [4.78, 5) is 28.1. The van der Waals surface area contributed by atoms with Crippen molar-refractivity contribution in [2.24, 2.45) is 5.92 Å². The molecule has 1 aliphatic heterocycles. The lowest BCUT2D eigenvalue weighted by Gasteiger charge is -2.27. The van der Waals surface area contributed by atoms with Crippen LogP contribution in [0.5, 0.6) is 0 Å². The van der Waals surface area contributed by atoms with E-state index in [1.54, 1.807) is 11.0 Å². The SMILES string of the molecule is CC(C)c1ccc([C@@H](NC(=O)[C@@H]2C[C@@H](C)CN2C(=O)Cc2cnn[nH]2)c2ccccc2)cc1F. The Morgan fingerprint density at radius 2 is 1.94 bits per heavy atom. The first kappa shape index (κ1) is 23.6. The first-order chi connectivity index (χ1) is 16.3. The van der Waals surface area contributed by atoms with Crippen molar-refractivity contribution in [2.75, 3.05) is 6.54 Å². The first-order valence-electron chi connectivity index (χ1n) is 11.6. The van der Waals surface area contributed by atoms with Gasteiger partial charge in [0.2, 0.25) is 11.8 Å². The van der Waals surface area contributed by atoms with Crippen LogP contribution in [-0.2, 0) is 16.0 Å². The summed E-state index contributed by atoms with van der Waals surface area (Å²) >= 11 is 0. The molecule has 8 heteroatoms. The van der Waals surface area contributed by atoms with Crippen LogP contribution in [0.3, 0.4) is 0 Å². The average molecular weight is 464 g/mol. The molecule has 4 rings (SSSR count). The standard InChI is InChI=1S/C26H30FN5O2/c1-16(2)21-10-9-19(12-22(21)27)25(18-7-5-4-6-8-18)29-26(34)23-11-17(3)15-32(23)24(33)13-20-14-28-31-30-20/h4-10,12,14,16-17,23,25H,11,13,15H2,1-3H3,(H,29,34)(H,28,30,31)/t17-,23+,25+/m1/s1. The summed E-state index contributed by atoms with van der Waals surface area (Å²) in [5.41, 5.74) is 2.75. The van der Waals surface area contributed by atoms with Crippen molar-refractivity contribution in [3.05, 3.63) is 82.9 Å². The van der Waals surface area contributed by atoms with Crippen molar-refractivity contribution in [1.29, 1.82) is 0 Å². The minimum Gasteiger partial charge on any atom is -0.343 e. The molecule has 0 spiro atoms. The number of halogens is 1. The molecule has 2 N–H and O–H groups in total. The number of hydrogen-bond donors (Lipinski definition) is 2. The molecule has 3 atom stereocenters. The third-order valence-corrected chi connectivity index (χ3v) is 6.34. The van der Waals surface area contributed by atoms with Crippen LogP contribution < -0.4 is 5.32 Å². The van der Waals surface area contributed by atoms with Crippen molar-refractivity contribution in [2.45, 2.75) is 51.6 Å². The average Bonchev–Trinajstić information content (AvgIpc) is 3.47. The predicted molar refractivity (Wildman–Crippen MR) is 126 cm³/mol. The topological polar surface area (TPSA) is 91.0 Å². The minimum absolute atomic E-state index is 0.0587. The number of aromatic nitrogens is 3. The second kappa shape index (κ2) is 10.2. The van der Waals surface area contributed by atoms with E-state index in [2.05, 4.69) is 20.7 Å². The Bertz CT molecular complexity index is 1130. The molecule has 1 saturated heterocycles. The molecule has 0 saturated carbocycles. The predicted octanol–water partition coefficient (Wildman–Crippen LogP) is 3.75. The van der Waals surface area contributed by atoms with E-state index >= 15 is 0 Å². The van der Waals surface area contributed by atoms with Crippen LogP contribution in [0.15, 0.2) is 54.7 Å². The highest BCUT2D eigenvalue weighted by molar-refractivity contribution is 5.89. The smallest absolute Gasteiger partial charge is 0.243 e. The van der Waals surface area contributed by atoms with Gasteiger partial charge in [0.1, 0.15) is 11.9 Å². The van der Waals surface area contributed by atoms with E-state index < -0.39 is 12.1 Å². The molecule has 1 aromatic heterocycles. The second-order valence-corrected chi connectivity index (χ2v) is 9.35. The number of aromatic amines is 1. The fourth-order valence-corrected chi connectivity index (χ4v) is 4.57. The Hall–Kier alpha value is -3.55. The molecule has 0 radical (unpaired) electrons. The van der Waals surface area contributed by atoms with Crippen LogP contribution in [0.1, 0.15) is 61.5 Å². The highest BCUT2D eigenvalue weighted by atomic mass is 19.1. The van der Waals surface area contributed by atoms with Gasteiger partial charge in [-0.25, -0.2) is 4.39 Å². The maximum Gasteiger partial charge on any atom is 0.243 e. The van der Waals surface area contributed by atoms with Crippen molar-refractivity contribution in [1.82, 2.24) is 25.6 Å². The van der Waals surface area contributed by atoms with Crippen molar-refractivity contribution in [3.63, 3.8) is 0 Å². The monoisotopic (exact) mass is 463 g/mol. The lowest BCUT2D eigenvalue weighted by Crippen LogP contribution is -2.47. The first-order valence-corrected chi connectivity index (χ1v) is 11.6. The van der Waals surface area contributed by atoms with Crippen molar-refractivity contribution < 1.29 is 14.0 Å². The summed E-state index contributed by atoms with van der Waals surface area (Å²) < 4.78 is 14.8. The van der Waals surface area contributed by atoms with Gasteiger partial charge in [0.05, 0.1) is 24.4 Å². The van der Waals surface area contributed by atoms with Gasteiger partial charge < -0.3 is 10.2 Å². The van der Waals surface area contributed by atoms with Gasteiger partial charge >= 0.3 is 0 Å². The molecule has 1 fully saturated rings. The van der Waals surface area contributed by atoms with E-state index in [1.807, 2.05) is 57.2 Å². The van der Waals surface area contributed by atoms with E-state index in [0.29, 0.717) is 29.8 Å². The van der Waals surface area contributed by atoms with Crippen LogP contribution in [0.2, 0.25) is 0 Å². The summed E-state index contributed by atoms with van der Waals surface area (Å²) in [7, 11) is 0. The summed E-state index contributed by atoms with van der Waals surface area (Å²) in [6.07, 6.45) is 2.18. The maximum atomic E-state index is 14.8. The molecule has 2 aromatic carbocycles. The second-order valence-electron chi connectivity index (χ2n) is 9.35. The van der Waals surface area contributed by atoms with E-state index in [-0.39, 0.29) is 35.9 Å². The van der Waals surface area contributed by atoms with Crippen molar-refractivity contribution in [3.8, 4) is 0 Å². The molecule has 7 nitrogen and oxygen atoms in total. The highest BCUT2D eigenvalue weighted by Gasteiger charge is 2.38. The number of rotatable bonds is 7. The number of nitrogens with zero attached hydrogens (tertiary/aromatic N) is 3. The van der Waals surface area contributed by atoms with E-state index in [0.717, 1.165) is 5.56 Å². The van der Waals surface area contributed by atoms with Gasteiger partial charge in [0.25, 0.3) is 0 Å². The Kier molecular flexibility index (Phi) is 7.05. The molecular weight excluding hydrogens is 433 g/mol. The van der Waals surface area contributed by atoms with Crippen molar-refractivity contribution >= 4 is 11.8 Å². The quantitative estimate of drug-likeness (QED) is 0.558. The third-order valence-electron chi connectivity index (χ3n) is 6.34. The number of amides is 2. The van der Waals surface area contributed by atoms with Gasteiger partial charge in [-0.05, 0) is 41.0 Å². The molecule has 3 aromatic rings. The summed E-state index contributed by atoms with van der Waals surface area (Å²) in [6, 6.07) is 13.5. The van der Waals surface area contributed by atoms with Gasteiger partial charge in [0, 0.05) is 6.54 Å². The fraction of sp³-hybridized carbons (Fsp3) is 0.385. The maximum absolute atomic E-state index is 14.8. The van der Waals surface area contributed by atoms with Gasteiger partial charge in [-0.3, -0.25) is 14.7 Å². The molecule has 34 heavy (non-hydrogen) atoms. The van der Waals surface area contributed by atoms with Crippen LogP contribution >= 0.6 is 0 Å². The van der Waals surface area contributed by atoms with Crippen LogP contribution in [-0.4, -0.2) is 44.7 Å². The highest BCUT2D eigenvalue weighted by Crippen LogP contribution is 2.29. The van der Waals surface area contributed by atoms with E-state index in [9.17, 15) is 14.0 Å². The number of likely N-dealkylation sites (tertiary alicyclic amines) is 1. The number of benzene rings is 2. The fourth-order valence-electron chi connectivity index (χ4n) is 4.57. The molecule has 0 unspecified atom stereocenters.